The number of methoxy groups -OCH3 is 1. The minimum Gasteiger partial charge on any atom is -0.497 e. The second-order valence-corrected chi connectivity index (χ2v) is 9.52. The lowest BCUT2D eigenvalue weighted by Crippen LogP contribution is -2.21. The van der Waals surface area contributed by atoms with E-state index < -0.39 is 21.5 Å². The zero-order valence-corrected chi connectivity index (χ0v) is 17.8. The lowest BCUT2D eigenvalue weighted by molar-refractivity contribution is -0.115. The molecule has 6 nitrogen and oxygen atoms in total. The van der Waals surface area contributed by atoms with E-state index in [1.54, 1.807) is 7.11 Å². The lowest BCUT2D eigenvalue weighted by atomic mass is 10.3. The van der Waals surface area contributed by atoms with E-state index in [-0.39, 0.29) is 4.90 Å². The fourth-order valence-electron chi connectivity index (χ4n) is 2.73. The predicted octanol–water partition coefficient (Wildman–Crippen LogP) is 3.68. The largest absolute Gasteiger partial charge is 0.497 e. The van der Waals surface area contributed by atoms with Crippen molar-refractivity contribution >= 4 is 48.9 Å². The molecule has 0 bridgehead atoms. The van der Waals surface area contributed by atoms with Crippen LogP contribution in [0.1, 0.15) is 13.3 Å². The van der Waals surface area contributed by atoms with E-state index in [2.05, 4.69) is 4.99 Å². The molecule has 0 atom stereocenters. The monoisotopic (exact) mass is 438 g/mol. The summed E-state index contributed by atoms with van der Waals surface area (Å²) in [6.45, 7) is 2.68. The molecule has 9 heteroatoms. The SMILES string of the molecule is CCCn1c(=NC(=O)CS(=O)(=O)c2ccc(Cl)cc2)sc2ccc(OC)cc21. The van der Waals surface area contributed by atoms with Gasteiger partial charge in [-0.2, -0.15) is 4.99 Å². The fraction of sp³-hybridized carbons (Fsp3) is 0.263. The molecule has 148 valence electrons. The van der Waals surface area contributed by atoms with Gasteiger partial charge in [-0.3, -0.25) is 4.79 Å². The van der Waals surface area contributed by atoms with Gasteiger partial charge in [0.1, 0.15) is 11.5 Å². The summed E-state index contributed by atoms with van der Waals surface area (Å²) < 4.78 is 33.1. The van der Waals surface area contributed by atoms with E-state index in [1.807, 2.05) is 29.7 Å². The molecule has 1 amide bonds. The van der Waals surface area contributed by atoms with Crippen molar-refractivity contribution in [3.05, 3.63) is 52.3 Å². The Balaban J connectivity index is 1.98. The molecule has 0 saturated heterocycles. The zero-order chi connectivity index (χ0) is 20.3. The molecular formula is C19H19ClN2O4S2. The number of rotatable bonds is 6. The second kappa shape index (κ2) is 8.46. The average molecular weight is 439 g/mol. The molecule has 0 aliphatic heterocycles. The third-order valence-electron chi connectivity index (χ3n) is 4.04. The summed E-state index contributed by atoms with van der Waals surface area (Å²) in [7, 11) is -2.20. The number of carbonyl (C=O) groups is 1. The number of carbonyl (C=O) groups excluding carboxylic acids is 1. The first-order chi connectivity index (χ1) is 13.3. The molecule has 1 heterocycles. The standard InChI is InChI=1S/C19H19ClN2O4S2/c1-3-10-22-16-11-14(26-2)6-9-17(16)27-19(22)21-18(23)12-28(24,25)15-7-4-13(20)5-8-15/h4-9,11H,3,10,12H2,1-2H3. The lowest BCUT2D eigenvalue weighted by Gasteiger charge is -2.05. The van der Waals surface area contributed by atoms with E-state index in [0.29, 0.717) is 22.1 Å². The number of aryl methyl sites for hydroxylation is 1. The van der Waals surface area contributed by atoms with Crippen molar-refractivity contribution < 1.29 is 17.9 Å². The van der Waals surface area contributed by atoms with Crippen LogP contribution in [0.3, 0.4) is 0 Å². The van der Waals surface area contributed by atoms with Crippen molar-refractivity contribution in [2.24, 2.45) is 4.99 Å². The summed E-state index contributed by atoms with van der Waals surface area (Å²) >= 11 is 7.13. The smallest absolute Gasteiger partial charge is 0.263 e. The van der Waals surface area contributed by atoms with Crippen molar-refractivity contribution in [3.63, 3.8) is 0 Å². The van der Waals surface area contributed by atoms with Gasteiger partial charge in [-0.15, -0.1) is 0 Å². The number of thiazole rings is 1. The second-order valence-electron chi connectivity index (χ2n) is 6.09. The predicted molar refractivity (Wildman–Crippen MR) is 111 cm³/mol. The van der Waals surface area contributed by atoms with E-state index in [1.165, 1.54) is 35.6 Å². The molecule has 0 N–H and O–H groups in total. The van der Waals surface area contributed by atoms with Crippen LogP contribution in [0.15, 0.2) is 52.4 Å². The number of halogens is 1. The summed E-state index contributed by atoms with van der Waals surface area (Å²) in [5.41, 5.74) is 0.901. The number of nitrogens with zero attached hydrogens (tertiary/aromatic N) is 2. The number of hydrogen-bond acceptors (Lipinski definition) is 5. The Morgan fingerprint density at radius 3 is 2.57 bits per heavy atom. The molecule has 28 heavy (non-hydrogen) atoms. The molecule has 0 unspecified atom stereocenters. The third kappa shape index (κ3) is 4.45. The summed E-state index contributed by atoms with van der Waals surface area (Å²) in [4.78, 5) is 17.0. The fourth-order valence-corrected chi connectivity index (χ4v) is 5.01. The van der Waals surface area contributed by atoms with Crippen LogP contribution in [0.2, 0.25) is 5.02 Å². The number of aromatic nitrogens is 1. The van der Waals surface area contributed by atoms with Gasteiger partial charge in [-0.05, 0) is 42.8 Å². The Bertz CT molecular complexity index is 1180. The van der Waals surface area contributed by atoms with Gasteiger partial charge in [0.2, 0.25) is 0 Å². The van der Waals surface area contributed by atoms with Gasteiger partial charge in [0.25, 0.3) is 5.91 Å². The molecule has 0 spiro atoms. The molecule has 0 radical (unpaired) electrons. The van der Waals surface area contributed by atoms with Crippen molar-refractivity contribution in [2.75, 3.05) is 12.9 Å². The van der Waals surface area contributed by atoms with Crippen LogP contribution in [0, 0.1) is 0 Å². The van der Waals surface area contributed by atoms with Gasteiger partial charge < -0.3 is 9.30 Å². The molecule has 0 aliphatic rings. The third-order valence-corrected chi connectivity index (χ3v) is 6.97. The van der Waals surface area contributed by atoms with Crippen molar-refractivity contribution in [1.29, 1.82) is 0 Å². The van der Waals surface area contributed by atoms with Gasteiger partial charge >= 0.3 is 0 Å². The number of benzene rings is 2. The van der Waals surface area contributed by atoms with Crippen LogP contribution in [-0.4, -0.2) is 31.8 Å². The molecule has 1 aromatic heterocycles. The van der Waals surface area contributed by atoms with E-state index in [0.717, 1.165) is 16.6 Å². The van der Waals surface area contributed by atoms with Gasteiger partial charge in [-0.1, -0.05) is 29.9 Å². The number of hydrogen-bond donors (Lipinski definition) is 0. The minimum absolute atomic E-state index is 0.0444. The number of ether oxygens (including phenoxy) is 1. The topological polar surface area (TPSA) is 77.7 Å². The summed E-state index contributed by atoms with van der Waals surface area (Å²) in [6, 6.07) is 11.3. The number of fused-ring (bicyclic) bond motifs is 1. The van der Waals surface area contributed by atoms with Gasteiger partial charge in [-0.25, -0.2) is 8.42 Å². The Hall–Kier alpha value is -2.16. The Morgan fingerprint density at radius 1 is 1.21 bits per heavy atom. The van der Waals surface area contributed by atoms with Gasteiger partial charge in [0.15, 0.2) is 14.6 Å². The summed E-state index contributed by atoms with van der Waals surface area (Å²) in [5, 5.41) is 0.427. The quantitative estimate of drug-likeness (QED) is 0.588. The highest BCUT2D eigenvalue weighted by atomic mass is 35.5. The molecular weight excluding hydrogens is 420 g/mol. The maximum Gasteiger partial charge on any atom is 0.263 e. The van der Waals surface area contributed by atoms with Crippen LogP contribution in [0.25, 0.3) is 10.2 Å². The molecule has 3 rings (SSSR count). The van der Waals surface area contributed by atoms with Crippen LogP contribution in [0.5, 0.6) is 5.75 Å². The molecule has 3 aromatic rings. The maximum atomic E-state index is 12.5. The van der Waals surface area contributed by atoms with Crippen LogP contribution < -0.4 is 9.54 Å². The first kappa shape index (κ1) is 20.6. The van der Waals surface area contributed by atoms with E-state index >= 15 is 0 Å². The highest BCUT2D eigenvalue weighted by molar-refractivity contribution is 7.92. The van der Waals surface area contributed by atoms with Gasteiger partial charge in [0, 0.05) is 17.6 Å². The normalized spacial score (nSPS) is 12.5. The van der Waals surface area contributed by atoms with E-state index in [9.17, 15) is 13.2 Å². The van der Waals surface area contributed by atoms with Crippen molar-refractivity contribution in [2.45, 2.75) is 24.8 Å². The van der Waals surface area contributed by atoms with Crippen molar-refractivity contribution in [3.8, 4) is 5.75 Å². The first-order valence-corrected chi connectivity index (χ1v) is 11.4. The van der Waals surface area contributed by atoms with Crippen LogP contribution in [-0.2, 0) is 21.2 Å². The average Bonchev–Trinajstić information content (AvgIpc) is 2.98. The number of amides is 1. The molecule has 2 aromatic carbocycles. The van der Waals surface area contributed by atoms with Crippen LogP contribution in [0.4, 0.5) is 0 Å². The number of sulfone groups is 1. The minimum atomic E-state index is -3.79. The van der Waals surface area contributed by atoms with Crippen molar-refractivity contribution in [1.82, 2.24) is 4.57 Å². The highest BCUT2D eigenvalue weighted by Crippen LogP contribution is 2.23. The Kier molecular flexibility index (Phi) is 6.22. The summed E-state index contributed by atoms with van der Waals surface area (Å²) in [6.07, 6.45) is 0.841. The molecule has 0 aliphatic carbocycles. The maximum absolute atomic E-state index is 12.5. The molecule has 0 saturated carbocycles. The van der Waals surface area contributed by atoms with Crippen LogP contribution >= 0.6 is 22.9 Å². The summed E-state index contributed by atoms with van der Waals surface area (Å²) in [5.74, 6) is -0.699. The first-order valence-electron chi connectivity index (χ1n) is 8.57. The highest BCUT2D eigenvalue weighted by Gasteiger charge is 2.19. The van der Waals surface area contributed by atoms with E-state index in [4.69, 9.17) is 16.3 Å². The molecule has 0 fully saturated rings. The Labute approximate surface area is 172 Å². The van der Waals surface area contributed by atoms with Gasteiger partial charge in [0.05, 0.1) is 22.2 Å². The Morgan fingerprint density at radius 2 is 1.93 bits per heavy atom. The zero-order valence-electron chi connectivity index (χ0n) is 15.4.